The monoisotopic (exact) mass is 462 g/mol. The van der Waals surface area contributed by atoms with Gasteiger partial charge in [-0.3, -0.25) is 4.79 Å². The van der Waals surface area contributed by atoms with Gasteiger partial charge in [-0.1, -0.05) is 32.9 Å². The van der Waals surface area contributed by atoms with Crippen LogP contribution in [-0.2, 0) is 15.4 Å². The van der Waals surface area contributed by atoms with Crippen molar-refractivity contribution in [2.75, 3.05) is 5.32 Å². The standard InChI is InChI=1S/C24H25FN2O4S.3H2/c1-15-12-17(25)9-11-21(15)31-22-13-16(24(2,3)4)8-10-20(22)23(28)27-18-6-5-7-19(14-18)32(26,29)30;;;/h5-14H,1-4H3,(H,27,28)(H2,26,29,30);3*1H. The van der Waals surface area contributed by atoms with E-state index in [9.17, 15) is 17.6 Å². The van der Waals surface area contributed by atoms with E-state index >= 15 is 0 Å². The lowest BCUT2D eigenvalue weighted by Crippen LogP contribution is -2.17. The van der Waals surface area contributed by atoms with Crippen LogP contribution in [0.4, 0.5) is 10.1 Å². The fourth-order valence-electron chi connectivity index (χ4n) is 3.06. The van der Waals surface area contributed by atoms with E-state index < -0.39 is 15.9 Å². The number of benzene rings is 3. The lowest BCUT2D eigenvalue weighted by atomic mass is 9.86. The number of anilines is 1. The van der Waals surface area contributed by atoms with Crippen molar-refractivity contribution in [1.29, 1.82) is 0 Å². The predicted molar refractivity (Wildman–Crippen MR) is 128 cm³/mol. The number of primary sulfonamides is 1. The molecule has 174 valence electrons. The molecule has 0 unspecified atom stereocenters. The zero-order valence-electron chi connectivity index (χ0n) is 18.3. The van der Waals surface area contributed by atoms with Gasteiger partial charge in [0.2, 0.25) is 10.0 Å². The van der Waals surface area contributed by atoms with Crippen LogP contribution in [0.1, 0.15) is 46.5 Å². The fraction of sp³-hybridized carbons (Fsp3) is 0.208. The summed E-state index contributed by atoms with van der Waals surface area (Å²) in [6, 6.07) is 15.1. The number of aryl methyl sites for hydroxylation is 1. The van der Waals surface area contributed by atoms with Gasteiger partial charge in [0.15, 0.2) is 0 Å². The molecule has 0 radical (unpaired) electrons. The Hall–Kier alpha value is -3.23. The molecule has 0 aliphatic heterocycles. The molecular formula is C24H31FN2O4S. The number of rotatable bonds is 5. The van der Waals surface area contributed by atoms with E-state index in [2.05, 4.69) is 5.32 Å². The molecule has 0 aliphatic rings. The maximum atomic E-state index is 13.5. The molecule has 0 aromatic heterocycles. The first-order chi connectivity index (χ1) is 14.8. The molecule has 0 bridgehead atoms. The number of ether oxygens (including phenoxy) is 1. The number of amides is 1. The van der Waals surface area contributed by atoms with Gasteiger partial charge in [0.25, 0.3) is 5.91 Å². The van der Waals surface area contributed by atoms with Crippen LogP contribution in [0.15, 0.2) is 65.6 Å². The van der Waals surface area contributed by atoms with Crippen molar-refractivity contribution < 1.29 is 26.6 Å². The summed E-state index contributed by atoms with van der Waals surface area (Å²) in [7, 11) is -3.91. The maximum absolute atomic E-state index is 13.5. The first kappa shape index (κ1) is 23.4. The average molecular weight is 463 g/mol. The molecule has 32 heavy (non-hydrogen) atoms. The van der Waals surface area contributed by atoms with Gasteiger partial charge in [0.05, 0.1) is 10.5 Å². The van der Waals surface area contributed by atoms with E-state index in [1.54, 1.807) is 25.1 Å². The quantitative estimate of drug-likeness (QED) is 0.496. The third-order valence-corrected chi connectivity index (χ3v) is 5.78. The summed E-state index contributed by atoms with van der Waals surface area (Å²) in [5.74, 6) is -0.159. The number of halogens is 1. The molecule has 8 heteroatoms. The van der Waals surface area contributed by atoms with E-state index in [0.717, 1.165) is 5.56 Å². The SMILES string of the molecule is Cc1cc(F)ccc1Oc1cc(C(C)(C)C)ccc1C(=O)Nc1cccc(S(N)(=O)=O)c1.[HH].[HH].[HH]. The molecule has 3 rings (SSSR count). The Bertz CT molecular complexity index is 1300. The number of hydrogen-bond acceptors (Lipinski definition) is 4. The Morgan fingerprint density at radius 1 is 1.03 bits per heavy atom. The van der Waals surface area contributed by atoms with E-state index in [1.165, 1.54) is 36.4 Å². The van der Waals surface area contributed by atoms with Gasteiger partial charge < -0.3 is 10.1 Å². The zero-order valence-corrected chi connectivity index (χ0v) is 19.1. The molecular weight excluding hydrogens is 431 g/mol. The maximum Gasteiger partial charge on any atom is 0.259 e. The normalized spacial score (nSPS) is 11.8. The Kier molecular flexibility index (Phi) is 6.39. The van der Waals surface area contributed by atoms with Crippen LogP contribution >= 0.6 is 0 Å². The lowest BCUT2D eigenvalue weighted by Gasteiger charge is -2.21. The number of nitrogens with one attached hydrogen (secondary N) is 1. The second-order valence-electron chi connectivity index (χ2n) is 8.50. The molecule has 3 aromatic rings. The van der Waals surface area contributed by atoms with Crippen LogP contribution in [0.5, 0.6) is 11.5 Å². The highest BCUT2D eigenvalue weighted by molar-refractivity contribution is 7.89. The summed E-state index contributed by atoms with van der Waals surface area (Å²) in [4.78, 5) is 12.9. The minimum atomic E-state index is -3.91. The van der Waals surface area contributed by atoms with E-state index in [0.29, 0.717) is 17.1 Å². The molecule has 0 aliphatic carbocycles. The highest BCUT2D eigenvalue weighted by Gasteiger charge is 2.21. The minimum absolute atomic E-state index is 0. The molecule has 0 spiro atoms. The van der Waals surface area contributed by atoms with Crippen molar-refractivity contribution in [2.24, 2.45) is 5.14 Å². The molecule has 1 amide bonds. The third-order valence-electron chi connectivity index (χ3n) is 4.87. The molecule has 0 heterocycles. The van der Waals surface area contributed by atoms with Crippen molar-refractivity contribution in [1.82, 2.24) is 0 Å². The highest BCUT2D eigenvalue weighted by Crippen LogP contribution is 2.33. The van der Waals surface area contributed by atoms with Gasteiger partial charge >= 0.3 is 0 Å². The summed E-state index contributed by atoms with van der Waals surface area (Å²) >= 11 is 0. The van der Waals surface area contributed by atoms with Gasteiger partial charge in [-0.15, -0.1) is 0 Å². The van der Waals surface area contributed by atoms with E-state index in [4.69, 9.17) is 9.88 Å². The van der Waals surface area contributed by atoms with Gasteiger partial charge in [-0.05, 0) is 72.0 Å². The number of hydrogen-bond donors (Lipinski definition) is 2. The largest absolute Gasteiger partial charge is 0.456 e. The number of nitrogens with two attached hydrogens (primary N) is 1. The molecule has 3 aromatic carbocycles. The summed E-state index contributed by atoms with van der Waals surface area (Å²) in [5, 5.41) is 7.85. The Balaban J connectivity index is 0.00000385. The first-order valence-corrected chi connectivity index (χ1v) is 11.4. The number of sulfonamides is 1. The summed E-state index contributed by atoms with van der Waals surface area (Å²) in [6.45, 7) is 7.82. The molecule has 6 nitrogen and oxygen atoms in total. The van der Waals surface area contributed by atoms with Crippen LogP contribution < -0.4 is 15.2 Å². The molecule has 0 fully saturated rings. The third kappa shape index (κ3) is 5.52. The van der Waals surface area contributed by atoms with Crippen LogP contribution in [0.25, 0.3) is 0 Å². The second-order valence-corrected chi connectivity index (χ2v) is 10.1. The second kappa shape index (κ2) is 8.72. The Morgan fingerprint density at radius 2 is 1.75 bits per heavy atom. The van der Waals surface area contributed by atoms with Crippen molar-refractivity contribution in [3.05, 3.63) is 83.2 Å². The van der Waals surface area contributed by atoms with Crippen molar-refractivity contribution in [3.63, 3.8) is 0 Å². The summed E-state index contributed by atoms with van der Waals surface area (Å²) in [5.41, 5.74) is 1.83. The van der Waals surface area contributed by atoms with Crippen LogP contribution in [0, 0.1) is 12.7 Å². The minimum Gasteiger partial charge on any atom is -0.456 e. The molecule has 3 N–H and O–H groups in total. The van der Waals surface area contributed by atoms with Gasteiger partial charge in [-0.25, -0.2) is 17.9 Å². The molecule has 0 saturated carbocycles. The smallest absolute Gasteiger partial charge is 0.259 e. The van der Waals surface area contributed by atoms with Crippen LogP contribution in [0.2, 0.25) is 0 Å². The number of carbonyl (C=O) groups is 1. The van der Waals surface area contributed by atoms with Gasteiger partial charge in [0.1, 0.15) is 17.3 Å². The highest BCUT2D eigenvalue weighted by atomic mass is 32.2. The zero-order chi connectivity index (χ0) is 23.7. The average Bonchev–Trinajstić information content (AvgIpc) is 2.69. The van der Waals surface area contributed by atoms with Gasteiger partial charge in [0, 0.05) is 9.97 Å². The molecule has 0 saturated heterocycles. The Labute approximate surface area is 191 Å². The predicted octanol–water partition coefficient (Wildman–Crippen LogP) is 5.86. The topological polar surface area (TPSA) is 98.5 Å². The fourth-order valence-corrected chi connectivity index (χ4v) is 3.62. The number of carbonyl (C=O) groups excluding carboxylic acids is 1. The van der Waals surface area contributed by atoms with E-state index in [1.807, 2.05) is 26.8 Å². The van der Waals surface area contributed by atoms with Crippen LogP contribution in [0.3, 0.4) is 0 Å². The lowest BCUT2D eigenvalue weighted by molar-refractivity contribution is 0.102. The first-order valence-electron chi connectivity index (χ1n) is 9.87. The van der Waals surface area contributed by atoms with E-state index in [-0.39, 0.29) is 31.7 Å². The van der Waals surface area contributed by atoms with Crippen LogP contribution in [-0.4, -0.2) is 14.3 Å². The van der Waals surface area contributed by atoms with Crippen molar-refractivity contribution in [2.45, 2.75) is 38.0 Å². The summed E-state index contributed by atoms with van der Waals surface area (Å²) < 4.78 is 42.7. The Morgan fingerprint density at radius 3 is 2.38 bits per heavy atom. The summed E-state index contributed by atoms with van der Waals surface area (Å²) in [6.07, 6.45) is 0. The molecule has 0 atom stereocenters. The van der Waals surface area contributed by atoms with Crippen molar-refractivity contribution >= 4 is 21.6 Å². The van der Waals surface area contributed by atoms with Gasteiger partial charge in [-0.2, -0.15) is 0 Å². The van der Waals surface area contributed by atoms with Crippen molar-refractivity contribution in [3.8, 4) is 11.5 Å².